The lowest BCUT2D eigenvalue weighted by atomic mass is 9.92. The fraction of sp³-hybridized carbons (Fsp3) is 0.556. The van der Waals surface area contributed by atoms with E-state index in [9.17, 15) is 9.59 Å². The topological polar surface area (TPSA) is 59.8 Å². The van der Waals surface area contributed by atoms with E-state index in [1.54, 1.807) is 31.2 Å². The van der Waals surface area contributed by atoms with E-state index in [0.29, 0.717) is 36.2 Å². The zero-order valence-electron chi connectivity index (χ0n) is 14.2. The molecule has 1 amide bonds. The molecule has 5 heteroatoms. The van der Waals surface area contributed by atoms with Crippen LogP contribution < -0.4 is 10.2 Å². The number of rotatable bonds is 5. The second-order valence-electron chi connectivity index (χ2n) is 6.63. The van der Waals surface area contributed by atoms with Crippen molar-refractivity contribution < 1.29 is 19.2 Å². The molecule has 0 unspecified atom stereocenters. The van der Waals surface area contributed by atoms with E-state index >= 15 is 0 Å². The number of amides is 1. The Morgan fingerprint density at radius 1 is 1.17 bits per heavy atom. The molecule has 1 heterocycles. The van der Waals surface area contributed by atoms with E-state index in [0.717, 1.165) is 13.1 Å². The van der Waals surface area contributed by atoms with Gasteiger partial charge in [0.25, 0.3) is 5.91 Å². The molecule has 2 atom stereocenters. The number of carbonyl (C=O) groups is 2. The first-order chi connectivity index (χ1) is 11.0. The molecule has 0 aromatic heterocycles. The van der Waals surface area contributed by atoms with Crippen molar-refractivity contribution in [1.82, 2.24) is 0 Å². The Balaban J connectivity index is 1.86. The molecule has 0 bridgehead atoms. The molecule has 23 heavy (non-hydrogen) atoms. The Morgan fingerprint density at radius 3 is 2.35 bits per heavy atom. The molecule has 5 nitrogen and oxygen atoms in total. The number of hydrogen-bond donors (Lipinski definition) is 2. The van der Waals surface area contributed by atoms with Crippen molar-refractivity contribution in [2.45, 2.75) is 27.2 Å². The van der Waals surface area contributed by atoms with Crippen LogP contribution >= 0.6 is 0 Å². The maximum atomic E-state index is 12.2. The van der Waals surface area contributed by atoms with Gasteiger partial charge in [-0.2, -0.15) is 0 Å². The fourth-order valence-electron chi connectivity index (χ4n) is 3.40. The average Bonchev–Trinajstić information content (AvgIpc) is 2.47. The fourth-order valence-corrected chi connectivity index (χ4v) is 3.40. The summed E-state index contributed by atoms with van der Waals surface area (Å²) in [6.07, 6.45) is 1.25. The molecule has 0 aliphatic carbocycles. The Hall–Kier alpha value is -1.88. The number of hydrogen-bond acceptors (Lipinski definition) is 3. The quantitative estimate of drug-likeness (QED) is 0.806. The van der Waals surface area contributed by atoms with Crippen molar-refractivity contribution in [1.29, 1.82) is 0 Å². The van der Waals surface area contributed by atoms with Crippen LogP contribution in [-0.4, -0.2) is 38.1 Å². The lowest BCUT2D eigenvalue weighted by Gasteiger charge is -2.31. The lowest BCUT2D eigenvalue weighted by molar-refractivity contribution is -0.904. The first-order valence-corrected chi connectivity index (χ1v) is 8.38. The predicted molar refractivity (Wildman–Crippen MR) is 89.5 cm³/mol. The standard InChI is InChI=1S/C18H26N2O3/c1-4-23-18(22)15-5-7-16(8-6-15)19-17(21)12-20-10-13(2)9-14(3)11-20/h5-8,13-14H,4,9-12H2,1-3H3,(H,19,21)/p+1/t13-,14-/m1/s1. The molecule has 1 fully saturated rings. The van der Waals surface area contributed by atoms with Gasteiger partial charge in [-0.25, -0.2) is 4.79 Å². The third-order valence-corrected chi connectivity index (χ3v) is 4.17. The van der Waals surface area contributed by atoms with E-state index in [2.05, 4.69) is 19.2 Å². The van der Waals surface area contributed by atoms with E-state index in [4.69, 9.17) is 4.74 Å². The zero-order valence-corrected chi connectivity index (χ0v) is 14.2. The molecule has 2 rings (SSSR count). The summed E-state index contributed by atoms with van der Waals surface area (Å²) in [5.74, 6) is 1.02. The molecule has 1 saturated heterocycles. The van der Waals surface area contributed by atoms with E-state index in [1.807, 2.05) is 0 Å². The summed E-state index contributed by atoms with van der Waals surface area (Å²) in [6.45, 7) is 9.24. The number of ether oxygens (including phenoxy) is 1. The Labute approximate surface area is 138 Å². The molecule has 1 aromatic rings. The predicted octanol–water partition coefficient (Wildman–Crippen LogP) is 1.36. The van der Waals surface area contributed by atoms with E-state index in [-0.39, 0.29) is 11.9 Å². The molecule has 126 valence electrons. The van der Waals surface area contributed by atoms with E-state index in [1.165, 1.54) is 11.3 Å². The van der Waals surface area contributed by atoms with Crippen LogP contribution in [0.15, 0.2) is 24.3 Å². The van der Waals surface area contributed by atoms with Crippen LogP contribution in [0, 0.1) is 11.8 Å². The number of quaternary nitrogens is 1. The van der Waals surface area contributed by atoms with Crippen molar-refractivity contribution in [3.05, 3.63) is 29.8 Å². The highest BCUT2D eigenvalue weighted by Gasteiger charge is 2.26. The average molecular weight is 319 g/mol. The molecule has 1 aliphatic heterocycles. The number of carbonyl (C=O) groups excluding carboxylic acids is 2. The van der Waals surface area contributed by atoms with Gasteiger partial charge in [0.15, 0.2) is 6.54 Å². The summed E-state index contributed by atoms with van der Waals surface area (Å²) in [5, 5.41) is 2.91. The highest BCUT2D eigenvalue weighted by atomic mass is 16.5. The number of anilines is 1. The minimum absolute atomic E-state index is 0.0187. The summed E-state index contributed by atoms with van der Waals surface area (Å²) in [4.78, 5) is 25.1. The second kappa shape index (κ2) is 8.11. The Bertz CT molecular complexity index is 532. The van der Waals surface area contributed by atoms with Crippen LogP contribution in [0.2, 0.25) is 0 Å². The molecule has 2 N–H and O–H groups in total. The van der Waals surface area contributed by atoms with Gasteiger partial charge in [-0.05, 0) is 37.6 Å². The van der Waals surface area contributed by atoms with Gasteiger partial charge >= 0.3 is 5.97 Å². The van der Waals surface area contributed by atoms with Gasteiger partial charge in [0.2, 0.25) is 0 Å². The minimum Gasteiger partial charge on any atom is -0.462 e. The number of likely N-dealkylation sites (tertiary alicyclic amines) is 1. The van der Waals surface area contributed by atoms with Gasteiger partial charge < -0.3 is 15.0 Å². The van der Waals surface area contributed by atoms with Crippen LogP contribution in [0.3, 0.4) is 0 Å². The smallest absolute Gasteiger partial charge is 0.338 e. The maximum Gasteiger partial charge on any atom is 0.338 e. The Morgan fingerprint density at radius 2 is 1.78 bits per heavy atom. The van der Waals surface area contributed by atoms with Crippen LogP contribution in [0.5, 0.6) is 0 Å². The number of esters is 1. The van der Waals surface area contributed by atoms with Gasteiger partial charge in [-0.15, -0.1) is 0 Å². The van der Waals surface area contributed by atoms with Crippen LogP contribution in [-0.2, 0) is 9.53 Å². The van der Waals surface area contributed by atoms with Crippen LogP contribution in [0.4, 0.5) is 5.69 Å². The van der Waals surface area contributed by atoms with Gasteiger partial charge in [0.1, 0.15) is 0 Å². The molecular weight excluding hydrogens is 292 g/mol. The van der Waals surface area contributed by atoms with Gasteiger partial charge in [0.05, 0.1) is 25.3 Å². The largest absolute Gasteiger partial charge is 0.462 e. The highest BCUT2D eigenvalue weighted by molar-refractivity contribution is 5.93. The van der Waals surface area contributed by atoms with Crippen molar-refractivity contribution in [3.63, 3.8) is 0 Å². The van der Waals surface area contributed by atoms with Crippen LogP contribution in [0.1, 0.15) is 37.6 Å². The molecule has 0 spiro atoms. The maximum absolute atomic E-state index is 12.2. The first kappa shape index (κ1) is 17.5. The Kier molecular flexibility index (Phi) is 6.16. The third-order valence-electron chi connectivity index (χ3n) is 4.17. The van der Waals surface area contributed by atoms with Crippen LogP contribution in [0.25, 0.3) is 0 Å². The van der Waals surface area contributed by atoms with Gasteiger partial charge in [0, 0.05) is 17.5 Å². The first-order valence-electron chi connectivity index (χ1n) is 8.38. The van der Waals surface area contributed by atoms with Crippen molar-refractivity contribution in [3.8, 4) is 0 Å². The highest BCUT2D eigenvalue weighted by Crippen LogP contribution is 2.12. The molecule has 0 saturated carbocycles. The number of nitrogens with one attached hydrogen (secondary N) is 2. The second-order valence-corrected chi connectivity index (χ2v) is 6.63. The van der Waals surface area contributed by atoms with Gasteiger partial charge in [-0.1, -0.05) is 13.8 Å². The summed E-state index contributed by atoms with van der Waals surface area (Å²) in [7, 11) is 0. The lowest BCUT2D eigenvalue weighted by Crippen LogP contribution is -3.15. The van der Waals surface area contributed by atoms with Crippen molar-refractivity contribution in [2.75, 3.05) is 31.6 Å². The summed E-state index contributed by atoms with van der Waals surface area (Å²) in [6, 6.07) is 6.82. The molecular formula is C18H27N2O3+. The summed E-state index contributed by atoms with van der Waals surface area (Å²) >= 11 is 0. The van der Waals surface area contributed by atoms with E-state index < -0.39 is 0 Å². The molecule has 0 radical (unpaired) electrons. The van der Waals surface area contributed by atoms with Crippen molar-refractivity contribution >= 4 is 17.6 Å². The SMILES string of the molecule is CCOC(=O)c1ccc(NC(=O)C[NH+]2C[C@H](C)C[C@@H](C)C2)cc1. The van der Waals surface area contributed by atoms with Gasteiger partial charge in [-0.3, -0.25) is 4.79 Å². The summed E-state index contributed by atoms with van der Waals surface area (Å²) in [5.41, 5.74) is 1.20. The normalized spacial score (nSPS) is 24.0. The monoisotopic (exact) mass is 319 g/mol. The molecule has 1 aromatic carbocycles. The summed E-state index contributed by atoms with van der Waals surface area (Å²) < 4.78 is 4.94. The number of piperidine rings is 1. The van der Waals surface area contributed by atoms with Crippen molar-refractivity contribution in [2.24, 2.45) is 11.8 Å². The zero-order chi connectivity index (χ0) is 16.8. The third kappa shape index (κ3) is 5.36. The number of benzene rings is 1. The molecule has 1 aliphatic rings. The minimum atomic E-state index is -0.342.